The Labute approximate surface area is 235 Å². The summed E-state index contributed by atoms with van der Waals surface area (Å²) in [4.78, 5) is 48.8. The van der Waals surface area contributed by atoms with Crippen molar-refractivity contribution in [1.82, 2.24) is 30.5 Å². The fourth-order valence-electron chi connectivity index (χ4n) is 3.60. The summed E-state index contributed by atoms with van der Waals surface area (Å²) in [6.07, 6.45) is 0.375. The van der Waals surface area contributed by atoms with Crippen LogP contribution >= 0.6 is 0 Å². The normalized spacial score (nSPS) is 11.7. The lowest BCUT2D eigenvalue weighted by atomic mass is 10.1. The highest BCUT2D eigenvalue weighted by atomic mass is 19.4. The molecule has 13 nitrogen and oxygen atoms in total. The van der Waals surface area contributed by atoms with Gasteiger partial charge in [-0.25, -0.2) is 19.6 Å². The van der Waals surface area contributed by atoms with E-state index in [9.17, 15) is 32.7 Å². The summed E-state index contributed by atoms with van der Waals surface area (Å²) < 4.78 is 50.3. The number of aromatic nitrogens is 5. The van der Waals surface area contributed by atoms with Crippen LogP contribution in [0.1, 0.15) is 47.2 Å². The predicted octanol–water partition coefficient (Wildman–Crippen LogP) is 4.45. The number of ether oxygens (including phenoxy) is 1. The van der Waals surface area contributed by atoms with E-state index in [4.69, 9.17) is 9.15 Å². The van der Waals surface area contributed by atoms with E-state index >= 15 is 0 Å². The van der Waals surface area contributed by atoms with Crippen molar-refractivity contribution in [3.8, 4) is 22.7 Å². The van der Waals surface area contributed by atoms with Crippen LogP contribution < -0.4 is 10.2 Å². The number of anilines is 1. The van der Waals surface area contributed by atoms with Crippen LogP contribution in [0.5, 0.6) is 0 Å². The first-order valence-corrected chi connectivity index (χ1v) is 12.2. The molecule has 4 aromatic heterocycles. The maximum Gasteiger partial charge on any atom is 0.416 e. The van der Waals surface area contributed by atoms with E-state index in [0.29, 0.717) is 21.7 Å². The molecule has 16 heteroatoms. The van der Waals surface area contributed by atoms with Gasteiger partial charge in [0, 0.05) is 48.0 Å². The van der Waals surface area contributed by atoms with Crippen LogP contribution in [0.2, 0.25) is 0 Å². The lowest BCUT2D eigenvalue weighted by Crippen LogP contribution is -2.42. The Morgan fingerprint density at radius 3 is 2.60 bits per heavy atom. The quantitative estimate of drug-likeness (QED) is 0.267. The third-order valence-electron chi connectivity index (χ3n) is 5.37. The summed E-state index contributed by atoms with van der Waals surface area (Å²) in [5.74, 6) is -2.27. The van der Waals surface area contributed by atoms with Gasteiger partial charge in [-0.05, 0) is 39.0 Å². The number of carboxylic acid groups (broad SMARTS) is 1. The van der Waals surface area contributed by atoms with Crippen LogP contribution in [0, 0.1) is 0 Å². The highest BCUT2D eigenvalue weighted by molar-refractivity contribution is 5.93. The zero-order valence-corrected chi connectivity index (χ0v) is 22.4. The zero-order chi connectivity index (χ0) is 30.7. The molecule has 3 N–H and O–H groups in total. The zero-order valence-electron chi connectivity index (χ0n) is 22.4. The number of oxazole rings is 1. The lowest BCUT2D eigenvalue weighted by molar-refractivity contribution is -0.119. The van der Waals surface area contributed by atoms with Gasteiger partial charge < -0.3 is 19.6 Å². The van der Waals surface area contributed by atoms with Crippen LogP contribution in [0.15, 0.2) is 53.7 Å². The number of halogens is 3. The average Bonchev–Trinajstić information content (AvgIpc) is 3.59. The van der Waals surface area contributed by atoms with Crippen molar-refractivity contribution in [1.29, 1.82) is 0 Å². The molecule has 0 aliphatic heterocycles. The summed E-state index contributed by atoms with van der Waals surface area (Å²) in [5.41, 5.74) is 0.252. The summed E-state index contributed by atoms with van der Waals surface area (Å²) in [6.45, 7) is 2.88. The number of amides is 2. The van der Waals surface area contributed by atoms with E-state index in [1.54, 1.807) is 0 Å². The number of hydrogen-bond donors (Lipinski definition) is 3. The maximum atomic E-state index is 13.3. The molecule has 42 heavy (non-hydrogen) atoms. The van der Waals surface area contributed by atoms with E-state index in [2.05, 4.69) is 30.5 Å². The molecule has 0 bridgehead atoms. The second-order valence-electron chi connectivity index (χ2n) is 9.83. The van der Waals surface area contributed by atoms with Crippen LogP contribution in [0.4, 0.5) is 23.8 Å². The van der Waals surface area contributed by atoms with Crippen LogP contribution in [-0.2, 0) is 11.3 Å². The average molecular weight is 588 g/mol. The molecule has 0 aliphatic carbocycles. The summed E-state index contributed by atoms with van der Waals surface area (Å²) in [7, 11) is 0. The Morgan fingerprint density at radius 2 is 1.90 bits per heavy atom. The molecule has 2 amide bonds. The number of carbonyl (C=O) groups excluding carboxylic acids is 2. The van der Waals surface area contributed by atoms with Crippen molar-refractivity contribution >= 4 is 23.8 Å². The standard InChI is InChI=1S/C26H24F3N7O6/c1-25(2,3)42-24(40)36(13-26(27,28)29)19-7-14(4-5-31-19)22-34-18(12-41-22)21(37)32-10-17-11-33-35-20(17)15-6-16(23(38)39)9-30-8-15/h4-9,11-12H,10,13H2,1-3H3,(H,32,37)(H,33,35)(H,38,39). The first-order chi connectivity index (χ1) is 19.7. The monoisotopic (exact) mass is 587 g/mol. The molecule has 0 aliphatic rings. The highest BCUT2D eigenvalue weighted by Crippen LogP contribution is 2.27. The van der Waals surface area contributed by atoms with Crippen molar-refractivity contribution in [2.45, 2.75) is 39.1 Å². The number of nitrogens with one attached hydrogen (secondary N) is 2. The van der Waals surface area contributed by atoms with E-state index in [1.807, 2.05) is 0 Å². The van der Waals surface area contributed by atoms with E-state index in [1.165, 1.54) is 51.5 Å². The summed E-state index contributed by atoms with van der Waals surface area (Å²) >= 11 is 0. The largest absolute Gasteiger partial charge is 0.478 e. The maximum absolute atomic E-state index is 13.3. The Hall–Kier alpha value is -5.28. The van der Waals surface area contributed by atoms with E-state index < -0.39 is 36.3 Å². The second-order valence-corrected chi connectivity index (χ2v) is 9.83. The number of rotatable bonds is 8. The number of alkyl halides is 3. The third-order valence-corrected chi connectivity index (χ3v) is 5.37. The van der Waals surface area contributed by atoms with Crippen molar-refractivity contribution in [3.63, 3.8) is 0 Å². The minimum atomic E-state index is -4.74. The number of carboxylic acids is 1. The molecular formula is C26H24F3N7O6. The van der Waals surface area contributed by atoms with Gasteiger partial charge in [0.2, 0.25) is 5.89 Å². The fourth-order valence-corrected chi connectivity index (χ4v) is 3.60. The van der Waals surface area contributed by atoms with Crippen molar-refractivity contribution in [2.24, 2.45) is 0 Å². The summed E-state index contributed by atoms with van der Waals surface area (Å²) in [5, 5.41) is 18.6. The minimum Gasteiger partial charge on any atom is -0.478 e. The van der Waals surface area contributed by atoms with Gasteiger partial charge >= 0.3 is 18.2 Å². The fraction of sp³-hybridized carbons (Fsp3) is 0.269. The van der Waals surface area contributed by atoms with Gasteiger partial charge in [-0.15, -0.1) is 0 Å². The molecule has 4 heterocycles. The lowest BCUT2D eigenvalue weighted by Gasteiger charge is -2.27. The third kappa shape index (κ3) is 7.47. The Kier molecular flexibility index (Phi) is 8.26. The number of carbonyl (C=O) groups is 3. The molecule has 0 saturated heterocycles. The summed E-state index contributed by atoms with van der Waals surface area (Å²) in [6, 6.07) is 3.93. The molecule has 0 aromatic carbocycles. The molecule has 0 saturated carbocycles. The Bertz CT molecular complexity index is 1610. The molecule has 0 radical (unpaired) electrons. The van der Waals surface area contributed by atoms with Crippen molar-refractivity contribution < 1.29 is 41.8 Å². The van der Waals surface area contributed by atoms with Crippen molar-refractivity contribution in [3.05, 3.63) is 66.1 Å². The van der Waals surface area contributed by atoms with Gasteiger partial charge in [0.1, 0.15) is 24.2 Å². The van der Waals surface area contributed by atoms with Gasteiger partial charge in [-0.3, -0.25) is 19.8 Å². The van der Waals surface area contributed by atoms with Gasteiger partial charge in [0.15, 0.2) is 5.69 Å². The van der Waals surface area contributed by atoms with Gasteiger partial charge in [-0.1, -0.05) is 0 Å². The van der Waals surface area contributed by atoms with Crippen LogP contribution in [0.25, 0.3) is 22.7 Å². The minimum absolute atomic E-state index is 0.0220. The molecule has 4 aromatic rings. The Balaban J connectivity index is 1.50. The molecule has 0 unspecified atom stereocenters. The van der Waals surface area contributed by atoms with E-state index in [-0.39, 0.29) is 35.1 Å². The number of H-pyrrole nitrogens is 1. The van der Waals surface area contributed by atoms with Gasteiger partial charge in [0.25, 0.3) is 5.91 Å². The topological polar surface area (TPSA) is 176 Å². The predicted molar refractivity (Wildman–Crippen MR) is 139 cm³/mol. The van der Waals surface area contributed by atoms with Crippen LogP contribution in [0.3, 0.4) is 0 Å². The first-order valence-electron chi connectivity index (χ1n) is 12.2. The molecule has 220 valence electrons. The number of aromatic carboxylic acids is 1. The van der Waals surface area contributed by atoms with E-state index in [0.717, 1.165) is 18.5 Å². The molecule has 0 fully saturated rings. The van der Waals surface area contributed by atoms with Gasteiger partial charge in [0.05, 0.1) is 11.3 Å². The van der Waals surface area contributed by atoms with Gasteiger partial charge in [-0.2, -0.15) is 18.3 Å². The molecule has 4 rings (SSSR count). The van der Waals surface area contributed by atoms with Crippen molar-refractivity contribution in [2.75, 3.05) is 11.4 Å². The highest BCUT2D eigenvalue weighted by Gasteiger charge is 2.36. The molecular weight excluding hydrogens is 563 g/mol. The molecule has 0 atom stereocenters. The number of pyridine rings is 2. The number of nitrogens with zero attached hydrogens (tertiary/aromatic N) is 5. The smallest absolute Gasteiger partial charge is 0.416 e. The first kappa shape index (κ1) is 29.7. The number of hydrogen-bond acceptors (Lipinski definition) is 9. The Morgan fingerprint density at radius 1 is 1.14 bits per heavy atom. The number of aromatic amines is 1. The molecule has 0 spiro atoms. The van der Waals surface area contributed by atoms with Crippen LogP contribution in [-0.4, -0.2) is 66.5 Å². The second kappa shape index (κ2) is 11.7. The SMILES string of the molecule is CC(C)(C)OC(=O)N(CC(F)(F)F)c1cc(-c2nc(C(=O)NCc3c[nH]nc3-c3cncc(C(=O)O)c3)co2)ccn1.